The third-order valence-electron chi connectivity index (χ3n) is 2.33. The SMILES string of the molecule is O=P(Cl)(Oc1c(F)cc(F)cc1F)Oc1c(F)cc(F)cc1F. The van der Waals surface area contributed by atoms with Crippen LogP contribution in [0.2, 0.25) is 0 Å². The summed E-state index contributed by atoms with van der Waals surface area (Å²) in [5.74, 6) is -11.8. The van der Waals surface area contributed by atoms with Crippen LogP contribution in [0.25, 0.3) is 0 Å². The molecule has 0 fully saturated rings. The van der Waals surface area contributed by atoms with Crippen LogP contribution < -0.4 is 9.05 Å². The van der Waals surface area contributed by atoms with Crippen LogP contribution in [0.1, 0.15) is 0 Å². The lowest BCUT2D eigenvalue weighted by Gasteiger charge is -2.15. The van der Waals surface area contributed by atoms with Gasteiger partial charge in [0, 0.05) is 35.5 Å². The molecule has 3 nitrogen and oxygen atoms in total. The van der Waals surface area contributed by atoms with Crippen LogP contribution in [-0.2, 0) is 4.57 Å². The van der Waals surface area contributed by atoms with E-state index < -0.39 is 53.4 Å². The Labute approximate surface area is 129 Å². The molecule has 23 heavy (non-hydrogen) atoms. The molecule has 2 aromatic carbocycles. The molecule has 0 aromatic heterocycles. The van der Waals surface area contributed by atoms with E-state index in [1.807, 2.05) is 0 Å². The lowest BCUT2D eigenvalue weighted by atomic mass is 10.3. The Bertz CT molecular complexity index is 706. The van der Waals surface area contributed by atoms with E-state index >= 15 is 0 Å². The zero-order chi connectivity index (χ0) is 17.4. The van der Waals surface area contributed by atoms with Crippen molar-refractivity contribution in [3.63, 3.8) is 0 Å². The fourth-order valence-electron chi connectivity index (χ4n) is 1.47. The second-order valence-electron chi connectivity index (χ2n) is 4.01. The highest BCUT2D eigenvalue weighted by Gasteiger charge is 2.31. The Kier molecular flexibility index (Phi) is 4.81. The van der Waals surface area contributed by atoms with Crippen molar-refractivity contribution in [2.45, 2.75) is 0 Å². The maximum atomic E-state index is 13.4. The Morgan fingerprint density at radius 1 is 0.696 bits per heavy atom. The van der Waals surface area contributed by atoms with Crippen molar-refractivity contribution in [3.8, 4) is 11.5 Å². The minimum absolute atomic E-state index is 0.189. The van der Waals surface area contributed by atoms with Crippen LogP contribution >= 0.6 is 18.2 Å². The zero-order valence-electron chi connectivity index (χ0n) is 10.6. The van der Waals surface area contributed by atoms with Crippen molar-refractivity contribution in [2.75, 3.05) is 0 Å². The van der Waals surface area contributed by atoms with Crippen molar-refractivity contribution in [1.82, 2.24) is 0 Å². The maximum Gasteiger partial charge on any atom is 0.530 e. The van der Waals surface area contributed by atoms with E-state index in [1.54, 1.807) is 0 Å². The first-order valence-electron chi connectivity index (χ1n) is 5.57. The van der Waals surface area contributed by atoms with E-state index in [0.717, 1.165) is 0 Å². The van der Waals surface area contributed by atoms with Crippen molar-refractivity contribution in [3.05, 3.63) is 59.2 Å². The van der Waals surface area contributed by atoms with Crippen molar-refractivity contribution in [2.24, 2.45) is 0 Å². The molecule has 0 saturated carbocycles. The van der Waals surface area contributed by atoms with Crippen molar-refractivity contribution >= 4 is 18.2 Å². The quantitative estimate of drug-likeness (QED) is 0.535. The van der Waals surface area contributed by atoms with Gasteiger partial charge in [0.25, 0.3) is 0 Å². The molecule has 0 heterocycles. The summed E-state index contributed by atoms with van der Waals surface area (Å²) in [5.41, 5.74) is 0. The predicted octanol–water partition coefficient (Wildman–Crippen LogP) is 5.33. The van der Waals surface area contributed by atoms with Crippen LogP contribution in [0.15, 0.2) is 24.3 Å². The summed E-state index contributed by atoms with van der Waals surface area (Å²) >= 11 is 5.23. The molecular formula is C12H4ClF6O3P. The predicted molar refractivity (Wildman–Crippen MR) is 67.3 cm³/mol. The molecule has 0 atom stereocenters. The highest BCUT2D eigenvalue weighted by molar-refractivity contribution is 7.82. The minimum atomic E-state index is -5.01. The lowest BCUT2D eigenvalue weighted by molar-refractivity contribution is 0.359. The van der Waals surface area contributed by atoms with Gasteiger partial charge in [0.15, 0.2) is 23.3 Å². The molecule has 11 heteroatoms. The van der Waals surface area contributed by atoms with Gasteiger partial charge in [-0.3, -0.25) is 0 Å². The molecule has 0 radical (unpaired) electrons. The third kappa shape index (κ3) is 4.11. The molecule has 124 valence electrons. The number of rotatable bonds is 4. The summed E-state index contributed by atoms with van der Waals surface area (Å²) in [4.78, 5) is 0. The van der Waals surface area contributed by atoms with Crippen molar-refractivity contribution < 1.29 is 40.0 Å². The first-order chi connectivity index (χ1) is 10.6. The van der Waals surface area contributed by atoms with Gasteiger partial charge < -0.3 is 9.05 Å². The number of halogens is 7. The van der Waals surface area contributed by atoms with E-state index in [-0.39, 0.29) is 24.3 Å². The normalized spacial score (nSPS) is 11.4. The second-order valence-corrected chi connectivity index (χ2v) is 6.48. The standard InChI is InChI=1S/C12H4ClF6O3P/c13-23(20,21-11-7(16)1-5(14)2-8(11)17)22-12-9(18)3-6(15)4-10(12)19/h1-4H. The largest absolute Gasteiger partial charge is 0.530 e. The van der Waals surface area contributed by atoms with E-state index in [0.29, 0.717) is 0 Å². The molecule has 0 unspecified atom stereocenters. The van der Waals surface area contributed by atoms with E-state index in [4.69, 9.17) is 11.2 Å². The van der Waals surface area contributed by atoms with E-state index in [2.05, 4.69) is 9.05 Å². The van der Waals surface area contributed by atoms with Crippen LogP contribution in [0.3, 0.4) is 0 Å². The Hall–Kier alpha value is -1.86. The van der Waals surface area contributed by atoms with E-state index in [9.17, 15) is 30.9 Å². The van der Waals surface area contributed by atoms with Crippen LogP contribution in [0, 0.1) is 34.9 Å². The Balaban J connectivity index is 2.33. The minimum Gasteiger partial charge on any atom is -0.398 e. The first-order valence-corrected chi connectivity index (χ1v) is 8.02. The maximum absolute atomic E-state index is 13.4. The molecule has 0 N–H and O–H groups in total. The third-order valence-corrected chi connectivity index (χ3v) is 3.54. The molecule has 0 aliphatic carbocycles. The Morgan fingerprint density at radius 3 is 1.22 bits per heavy atom. The molecule has 0 aliphatic rings. The van der Waals surface area contributed by atoms with Gasteiger partial charge in [-0.05, 0) is 0 Å². The van der Waals surface area contributed by atoms with Crippen LogP contribution in [0.5, 0.6) is 11.5 Å². The number of benzene rings is 2. The molecule has 0 saturated heterocycles. The topological polar surface area (TPSA) is 35.5 Å². The molecule has 2 rings (SSSR count). The van der Waals surface area contributed by atoms with Gasteiger partial charge in [0.2, 0.25) is 11.5 Å². The van der Waals surface area contributed by atoms with Gasteiger partial charge in [-0.15, -0.1) is 0 Å². The fraction of sp³-hybridized carbons (Fsp3) is 0. The highest BCUT2D eigenvalue weighted by atomic mass is 35.7. The van der Waals surface area contributed by atoms with Gasteiger partial charge in [0.05, 0.1) is 0 Å². The van der Waals surface area contributed by atoms with Crippen LogP contribution in [-0.4, -0.2) is 0 Å². The second kappa shape index (κ2) is 6.33. The lowest BCUT2D eigenvalue weighted by Crippen LogP contribution is -2.02. The highest BCUT2D eigenvalue weighted by Crippen LogP contribution is 2.54. The van der Waals surface area contributed by atoms with Crippen molar-refractivity contribution in [1.29, 1.82) is 0 Å². The zero-order valence-corrected chi connectivity index (χ0v) is 12.3. The first kappa shape index (κ1) is 17.5. The monoisotopic (exact) mass is 376 g/mol. The summed E-state index contributed by atoms with van der Waals surface area (Å²) < 4.78 is 99.1. The number of hydrogen-bond donors (Lipinski definition) is 0. The van der Waals surface area contributed by atoms with Gasteiger partial charge in [-0.25, -0.2) is 30.9 Å². The molecular weight excluding hydrogens is 373 g/mol. The molecule has 0 bridgehead atoms. The molecule has 0 spiro atoms. The summed E-state index contributed by atoms with van der Waals surface area (Å²) in [5, 5.41) is 0. The summed E-state index contributed by atoms with van der Waals surface area (Å²) in [6.45, 7) is -5.01. The van der Waals surface area contributed by atoms with Gasteiger partial charge in [0.1, 0.15) is 11.6 Å². The van der Waals surface area contributed by atoms with E-state index in [1.165, 1.54) is 0 Å². The average molecular weight is 377 g/mol. The van der Waals surface area contributed by atoms with Gasteiger partial charge in [-0.1, -0.05) is 0 Å². The molecule has 0 amide bonds. The number of hydrogen-bond acceptors (Lipinski definition) is 3. The molecule has 2 aromatic rings. The summed E-state index contributed by atoms with van der Waals surface area (Å²) in [6, 6.07) is 0.755. The summed E-state index contributed by atoms with van der Waals surface area (Å²) in [6.07, 6.45) is 0. The fourth-order valence-corrected chi connectivity index (χ4v) is 2.71. The molecule has 0 aliphatic heterocycles. The Morgan fingerprint density at radius 2 is 0.957 bits per heavy atom. The average Bonchev–Trinajstić information content (AvgIpc) is 2.38. The van der Waals surface area contributed by atoms with Gasteiger partial charge >= 0.3 is 6.95 Å². The van der Waals surface area contributed by atoms with Gasteiger partial charge in [-0.2, -0.15) is 0 Å². The summed E-state index contributed by atoms with van der Waals surface area (Å²) in [7, 11) is 0. The smallest absolute Gasteiger partial charge is 0.398 e. The van der Waals surface area contributed by atoms with Crippen LogP contribution in [0.4, 0.5) is 26.3 Å².